The van der Waals surface area contributed by atoms with Gasteiger partial charge in [-0.3, -0.25) is 4.90 Å². The van der Waals surface area contributed by atoms with Crippen LogP contribution in [0.2, 0.25) is 0 Å². The Balaban J connectivity index is 1.96. The Morgan fingerprint density at radius 2 is 1.71 bits per heavy atom. The third-order valence-corrected chi connectivity index (χ3v) is 3.55. The minimum absolute atomic E-state index is 0.134. The molecule has 1 saturated carbocycles. The maximum atomic E-state index is 12.9. The van der Waals surface area contributed by atoms with Crippen molar-refractivity contribution in [2.45, 2.75) is 45.1 Å². The minimum atomic E-state index is -0.134. The fourth-order valence-electron chi connectivity index (χ4n) is 2.67. The minimum Gasteiger partial charge on any atom is -0.300 e. The number of benzene rings is 1. The van der Waals surface area contributed by atoms with Gasteiger partial charge in [0.05, 0.1) is 0 Å². The lowest BCUT2D eigenvalue weighted by atomic mass is 10.1. The van der Waals surface area contributed by atoms with Crippen LogP contribution in [0.4, 0.5) is 4.39 Å². The molecule has 2 heteroatoms. The molecular weight excluding hydrogens is 213 g/mol. The second kappa shape index (κ2) is 5.63. The first-order chi connectivity index (χ1) is 8.26. The van der Waals surface area contributed by atoms with Crippen LogP contribution in [0.15, 0.2) is 24.3 Å². The Morgan fingerprint density at radius 1 is 1.12 bits per heavy atom. The highest BCUT2D eigenvalue weighted by atomic mass is 19.1. The molecule has 0 aliphatic heterocycles. The van der Waals surface area contributed by atoms with Crippen molar-refractivity contribution in [2.24, 2.45) is 0 Å². The Morgan fingerprint density at radius 3 is 2.24 bits per heavy atom. The molecule has 0 amide bonds. The lowest BCUT2D eigenvalue weighted by Gasteiger charge is -2.21. The van der Waals surface area contributed by atoms with Gasteiger partial charge in [0.2, 0.25) is 0 Å². The van der Waals surface area contributed by atoms with Gasteiger partial charge < -0.3 is 0 Å². The summed E-state index contributed by atoms with van der Waals surface area (Å²) in [6.45, 7) is 6.85. The average molecular weight is 235 g/mol. The predicted molar refractivity (Wildman–Crippen MR) is 69.7 cm³/mol. The highest BCUT2D eigenvalue weighted by molar-refractivity contribution is 5.28. The van der Waals surface area contributed by atoms with Gasteiger partial charge in [-0.25, -0.2) is 4.39 Å². The molecule has 1 aliphatic rings. The zero-order chi connectivity index (χ0) is 12.3. The van der Waals surface area contributed by atoms with E-state index < -0.39 is 0 Å². The van der Waals surface area contributed by atoms with Gasteiger partial charge in [0.1, 0.15) is 5.82 Å². The molecule has 0 N–H and O–H groups in total. The molecule has 0 heterocycles. The van der Waals surface area contributed by atoms with Crippen LogP contribution >= 0.6 is 0 Å². The van der Waals surface area contributed by atoms with Gasteiger partial charge >= 0.3 is 0 Å². The third kappa shape index (κ3) is 3.06. The summed E-state index contributed by atoms with van der Waals surface area (Å²) in [5.74, 6) is 0.499. The lowest BCUT2D eigenvalue weighted by molar-refractivity contribution is 0.260. The average Bonchev–Trinajstić information content (AvgIpc) is 3.10. The van der Waals surface area contributed by atoms with Crippen LogP contribution in [0, 0.1) is 5.82 Å². The molecule has 1 nitrogen and oxygen atoms in total. The Kier molecular flexibility index (Phi) is 4.16. The fraction of sp³-hybridized carbons (Fsp3) is 0.600. The summed E-state index contributed by atoms with van der Waals surface area (Å²) in [5, 5.41) is 0. The van der Waals surface area contributed by atoms with Crippen molar-refractivity contribution in [2.75, 3.05) is 13.1 Å². The summed E-state index contributed by atoms with van der Waals surface area (Å²) >= 11 is 0. The van der Waals surface area contributed by atoms with E-state index in [9.17, 15) is 4.39 Å². The van der Waals surface area contributed by atoms with E-state index in [0.29, 0.717) is 12.0 Å². The molecule has 0 unspecified atom stereocenters. The van der Waals surface area contributed by atoms with E-state index in [1.165, 1.54) is 37.9 Å². The van der Waals surface area contributed by atoms with Crippen LogP contribution in [0.1, 0.15) is 44.6 Å². The summed E-state index contributed by atoms with van der Waals surface area (Å²) < 4.78 is 12.9. The molecule has 1 aromatic carbocycles. The van der Waals surface area contributed by atoms with Crippen molar-refractivity contribution in [3.05, 3.63) is 35.6 Å². The van der Waals surface area contributed by atoms with E-state index in [0.717, 1.165) is 0 Å². The molecule has 1 aliphatic carbocycles. The van der Waals surface area contributed by atoms with Crippen LogP contribution in [0.25, 0.3) is 0 Å². The summed E-state index contributed by atoms with van der Waals surface area (Å²) in [6, 6.07) is 7.73. The van der Waals surface area contributed by atoms with Crippen molar-refractivity contribution < 1.29 is 4.39 Å². The second-order valence-corrected chi connectivity index (χ2v) is 5.00. The summed E-state index contributed by atoms with van der Waals surface area (Å²) in [6.07, 6.45) is 3.67. The van der Waals surface area contributed by atoms with Crippen LogP contribution in [-0.2, 0) is 0 Å². The summed E-state index contributed by atoms with van der Waals surface area (Å²) in [5.41, 5.74) is 1.30. The molecule has 0 saturated heterocycles. The van der Waals surface area contributed by atoms with E-state index in [4.69, 9.17) is 0 Å². The molecule has 17 heavy (non-hydrogen) atoms. The van der Waals surface area contributed by atoms with Gasteiger partial charge in [0.25, 0.3) is 0 Å². The SMILES string of the molecule is CCCN(CCC)[C@H]1C[C@@H]1c1ccc(F)cc1. The Hall–Kier alpha value is -0.890. The zero-order valence-electron chi connectivity index (χ0n) is 10.8. The summed E-state index contributed by atoms with van der Waals surface area (Å²) in [7, 11) is 0. The van der Waals surface area contributed by atoms with Crippen molar-refractivity contribution in [3.63, 3.8) is 0 Å². The fourth-order valence-corrected chi connectivity index (χ4v) is 2.67. The van der Waals surface area contributed by atoms with Gasteiger partial charge in [-0.05, 0) is 50.0 Å². The van der Waals surface area contributed by atoms with E-state index >= 15 is 0 Å². The van der Waals surface area contributed by atoms with Crippen LogP contribution < -0.4 is 0 Å². The van der Waals surface area contributed by atoms with Crippen LogP contribution in [0.3, 0.4) is 0 Å². The second-order valence-electron chi connectivity index (χ2n) is 5.00. The topological polar surface area (TPSA) is 3.24 Å². The zero-order valence-corrected chi connectivity index (χ0v) is 10.8. The smallest absolute Gasteiger partial charge is 0.123 e. The van der Waals surface area contributed by atoms with Crippen molar-refractivity contribution in [1.29, 1.82) is 0 Å². The molecule has 0 aromatic heterocycles. The van der Waals surface area contributed by atoms with E-state index in [1.807, 2.05) is 12.1 Å². The number of nitrogens with zero attached hydrogens (tertiary/aromatic N) is 1. The van der Waals surface area contributed by atoms with Crippen molar-refractivity contribution >= 4 is 0 Å². The third-order valence-electron chi connectivity index (χ3n) is 3.55. The Bertz CT molecular complexity index is 340. The maximum Gasteiger partial charge on any atom is 0.123 e. The molecule has 2 rings (SSSR count). The maximum absolute atomic E-state index is 12.9. The molecular formula is C15H22FN. The highest BCUT2D eigenvalue weighted by Gasteiger charge is 2.41. The van der Waals surface area contributed by atoms with Gasteiger partial charge in [-0.2, -0.15) is 0 Å². The van der Waals surface area contributed by atoms with Gasteiger partial charge in [0.15, 0.2) is 0 Å². The highest BCUT2D eigenvalue weighted by Crippen LogP contribution is 2.44. The van der Waals surface area contributed by atoms with Crippen molar-refractivity contribution in [3.8, 4) is 0 Å². The first kappa shape index (κ1) is 12.6. The first-order valence-corrected chi connectivity index (χ1v) is 6.75. The van der Waals surface area contributed by atoms with Crippen molar-refractivity contribution in [1.82, 2.24) is 4.90 Å². The number of hydrogen-bond acceptors (Lipinski definition) is 1. The molecule has 1 fully saturated rings. The number of rotatable bonds is 6. The lowest BCUT2D eigenvalue weighted by Crippen LogP contribution is -2.28. The molecule has 94 valence electrons. The normalized spacial score (nSPS) is 23.1. The summed E-state index contributed by atoms with van der Waals surface area (Å²) in [4.78, 5) is 2.59. The van der Waals surface area contributed by atoms with E-state index in [-0.39, 0.29) is 5.82 Å². The molecule has 0 spiro atoms. The monoisotopic (exact) mass is 235 g/mol. The largest absolute Gasteiger partial charge is 0.300 e. The Labute approximate surface area is 104 Å². The molecule has 0 radical (unpaired) electrons. The van der Waals surface area contributed by atoms with Gasteiger partial charge in [0, 0.05) is 12.0 Å². The molecule has 1 aromatic rings. The van der Waals surface area contributed by atoms with Gasteiger partial charge in [-0.15, -0.1) is 0 Å². The van der Waals surface area contributed by atoms with Crippen LogP contribution in [-0.4, -0.2) is 24.0 Å². The van der Waals surface area contributed by atoms with Gasteiger partial charge in [-0.1, -0.05) is 26.0 Å². The number of hydrogen-bond donors (Lipinski definition) is 0. The quantitative estimate of drug-likeness (QED) is 0.725. The van der Waals surface area contributed by atoms with Crippen LogP contribution in [0.5, 0.6) is 0 Å². The first-order valence-electron chi connectivity index (χ1n) is 6.75. The molecule has 0 bridgehead atoms. The molecule has 2 atom stereocenters. The predicted octanol–water partition coefficient (Wildman–Crippen LogP) is 3.80. The number of halogens is 1. The van der Waals surface area contributed by atoms with E-state index in [2.05, 4.69) is 18.7 Å². The van der Waals surface area contributed by atoms with E-state index in [1.54, 1.807) is 12.1 Å². The standard InChI is InChI=1S/C15H22FN/c1-3-9-17(10-4-2)15-11-14(15)12-5-7-13(16)8-6-12/h5-8,14-15H,3-4,9-11H2,1-2H3/t14-,15+/m1/s1.